The van der Waals surface area contributed by atoms with E-state index in [0.29, 0.717) is 21.3 Å². The molecule has 1 aliphatic rings. The first-order chi connectivity index (χ1) is 17.8. The molecule has 0 aromatic heterocycles. The lowest BCUT2D eigenvalue weighted by molar-refractivity contribution is -0.428. The number of hydrogen-bond donors (Lipinski definition) is 0. The second-order valence-electron chi connectivity index (χ2n) is 10.6. The minimum Gasteiger partial charge on any atom is -0.259 e. The van der Waals surface area contributed by atoms with E-state index in [1.54, 1.807) is 42.5 Å². The Morgan fingerprint density at radius 3 is 2.00 bits per heavy atom. The Kier molecular flexibility index (Phi) is 7.86. The number of hydrogen-bond acceptors (Lipinski definition) is 4. The number of para-hydroxylation sites is 1. The molecule has 1 aliphatic heterocycles. The van der Waals surface area contributed by atoms with E-state index >= 15 is 0 Å². The van der Waals surface area contributed by atoms with Gasteiger partial charge in [0.2, 0.25) is 0 Å². The van der Waals surface area contributed by atoms with Crippen LogP contribution in [0, 0.1) is 10.1 Å². The summed E-state index contributed by atoms with van der Waals surface area (Å²) >= 11 is 3.46. The molecule has 0 N–H and O–H groups in total. The average Bonchev–Trinajstić information content (AvgIpc) is 2.86. The van der Waals surface area contributed by atoms with Gasteiger partial charge >= 0.3 is 0 Å². The summed E-state index contributed by atoms with van der Waals surface area (Å²) in [5.74, 6) is 0.0626. The molecule has 0 fully saturated rings. The number of nitro groups is 1. The highest BCUT2D eigenvalue weighted by molar-refractivity contribution is 9.10. The van der Waals surface area contributed by atoms with E-state index in [0.717, 1.165) is 16.7 Å². The van der Waals surface area contributed by atoms with Crippen LogP contribution in [0.15, 0.2) is 75.7 Å². The van der Waals surface area contributed by atoms with E-state index in [4.69, 9.17) is 0 Å². The van der Waals surface area contributed by atoms with Crippen LogP contribution >= 0.6 is 15.9 Å². The van der Waals surface area contributed by atoms with Gasteiger partial charge in [-0.25, -0.2) is 12.7 Å². The van der Waals surface area contributed by atoms with Gasteiger partial charge in [0.15, 0.2) is 6.04 Å². The molecule has 1 heterocycles. The highest BCUT2D eigenvalue weighted by Crippen LogP contribution is 2.47. The molecule has 8 heteroatoms. The summed E-state index contributed by atoms with van der Waals surface area (Å²) in [6, 6.07) is 16.8. The van der Waals surface area contributed by atoms with Crippen molar-refractivity contribution in [1.29, 1.82) is 0 Å². The van der Waals surface area contributed by atoms with E-state index in [1.165, 1.54) is 10.4 Å². The first-order valence-electron chi connectivity index (χ1n) is 12.8. The van der Waals surface area contributed by atoms with Crippen LogP contribution in [0.1, 0.15) is 93.2 Å². The smallest absolute Gasteiger partial charge is 0.259 e. The zero-order valence-corrected chi connectivity index (χ0v) is 24.9. The van der Waals surface area contributed by atoms with Crippen LogP contribution in [0.3, 0.4) is 0 Å². The van der Waals surface area contributed by atoms with Crippen LogP contribution in [0.4, 0.5) is 5.69 Å². The maximum atomic E-state index is 15.0. The molecule has 1 atom stereocenters. The van der Waals surface area contributed by atoms with Crippen molar-refractivity contribution in [3.63, 3.8) is 0 Å². The van der Waals surface area contributed by atoms with Crippen molar-refractivity contribution in [1.82, 2.24) is 0 Å². The normalized spacial score (nSPS) is 15.7. The molecule has 0 aliphatic carbocycles. The van der Waals surface area contributed by atoms with Crippen LogP contribution in [-0.2, 0) is 10.0 Å². The van der Waals surface area contributed by atoms with Crippen LogP contribution in [-0.4, -0.2) is 13.3 Å². The van der Waals surface area contributed by atoms with Gasteiger partial charge in [-0.05, 0) is 58.2 Å². The van der Waals surface area contributed by atoms with Crippen LogP contribution < -0.4 is 4.31 Å². The van der Waals surface area contributed by atoms with Gasteiger partial charge in [0.25, 0.3) is 15.7 Å². The molecule has 4 rings (SSSR count). The topological polar surface area (TPSA) is 80.5 Å². The van der Waals surface area contributed by atoms with Gasteiger partial charge in [-0.1, -0.05) is 99.9 Å². The van der Waals surface area contributed by atoms with Crippen molar-refractivity contribution >= 4 is 37.7 Å². The summed E-state index contributed by atoms with van der Waals surface area (Å²) in [4.78, 5) is 12.2. The first kappa shape index (κ1) is 28.0. The lowest BCUT2D eigenvalue weighted by atomic mass is 9.89. The maximum absolute atomic E-state index is 15.0. The van der Waals surface area contributed by atoms with Crippen molar-refractivity contribution in [3.05, 3.63) is 109 Å². The monoisotopic (exact) mass is 596 g/mol. The molecule has 0 saturated heterocycles. The van der Waals surface area contributed by atoms with E-state index in [1.807, 2.05) is 45.9 Å². The lowest BCUT2D eigenvalue weighted by Gasteiger charge is -2.36. The van der Waals surface area contributed by atoms with Crippen molar-refractivity contribution in [2.24, 2.45) is 0 Å². The number of anilines is 1. The van der Waals surface area contributed by atoms with Gasteiger partial charge in [-0.3, -0.25) is 10.1 Å². The van der Waals surface area contributed by atoms with Gasteiger partial charge in [-0.2, -0.15) is 0 Å². The van der Waals surface area contributed by atoms with E-state index < -0.39 is 21.0 Å². The largest absolute Gasteiger partial charge is 0.274 e. The summed E-state index contributed by atoms with van der Waals surface area (Å²) in [6.07, 6.45) is 1.49. The summed E-state index contributed by atoms with van der Waals surface area (Å²) in [5.41, 5.74) is 3.75. The lowest BCUT2D eigenvalue weighted by Crippen LogP contribution is -2.40. The number of benzene rings is 3. The summed E-state index contributed by atoms with van der Waals surface area (Å²) < 4.78 is 31.9. The summed E-state index contributed by atoms with van der Waals surface area (Å²) in [7, 11) is -4.27. The molecule has 0 radical (unpaired) electrons. The minimum atomic E-state index is -4.27. The fourth-order valence-corrected chi connectivity index (χ4v) is 7.73. The molecular weight excluding hydrogens is 564 g/mol. The number of fused-ring (bicyclic) bond motifs is 1. The molecule has 0 amide bonds. The van der Waals surface area contributed by atoms with Gasteiger partial charge in [0.1, 0.15) is 0 Å². The predicted octanol–water partition coefficient (Wildman–Crippen LogP) is 8.39. The number of nitrogens with zero attached hydrogens (tertiary/aromatic N) is 2. The Bertz CT molecular complexity index is 1500. The molecule has 200 valence electrons. The molecule has 3 aromatic rings. The third kappa shape index (κ3) is 5.04. The molecule has 0 saturated carbocycles. The van der Waals surface area contributed by atoms with E-state index in [9.17, 15) is 18.5 Å². The third-order valence-corrected chi connectivity index (χ3v) is 9.37. The molecular formula is C30H33BrN2O4S. The third-order valence-electron chi connectivity index (χ3n) is 6.96. The second-order valence-corrected chi connectivity index (χ2v) is 13.3. The van der Waals surface area contributed by atoms with Gasteiger partial charge in [0, 0.05) is 16.1 Å². The Balaban J connectivity index is 2.12. The number of sulfonamides is 1. The van der Waals surface area contributed by atoms with Crippen LogP contribution in [0.25, 0.3) is 6.08 Å². The highest BCUT2D eigenvalue weighted by atomic mass is 79.9. The molecule has 38 heavy (non-hydrogen) atoms. The fraction of sp³-hybridized carbons (Fsp3) is 0.333. The Labute approximate surface area is 233 Å². The second kappa shape index (κ2) is 10.7. The highest BCUT2D eigenvalue weighted by Gasteiger charge is 2.45. The summed E-state index contributed by atoms with van der Waals surface area (Å²) in [6.45, 7) is 12.1. The zero-order valence-electron chi connectivity index (χ0n) is 22.5. The van der Waals surface area contributed by atoms with Gasteiger partial charge < -0.3 is 0 Å². The zero-order chi connectivity index (χ0) is 27.9. The van der Waals surface area contributed by atoms with Crippen LogP contribution in [0.5, 0.6) is 0 Å². The minimum absolute atomic E-state index is 0.0779. The van der Waals surface area contributed by atoms with E-state index in [-0.39, 0.29) is 28.3 Å². The predicted molar refractivity (Wildman–Crippen MR) is 157 cm³/mol. The van der Waals surface area contributed by atoms with Gasteiger partial charge in [-0.15, -0.1) is 0 Å². The first-order valence-corrected chi connectivity index (χ1v) is 15.0. The molecule has 3 aromatic carbocycles. The average molecular weight is 598 g/mol. The Morgan fingerprint density at radius 2 is 1.47 bits per heavy atom. The fourth-order valence-electron chi connectivity index (χ4n) is 5.00. The standard InChI is InChI=1S/C30H33BrN2O4S/c1-18(2)23-15-25(19(3)4)30(26(16-23)20(5)6)38(36,37)32-27-13-8-7-10-21(27)17-28(33(34)35)29(32)22-11-9-12-24(31)14-22/h7-20,29H,1-6H3/t29-/m0/s1. The van der Waals surface area contributed by atoms with E-state index in [2.05, 4.69) is 29.8 Å². The van der Waals surface area contributed by atoms with Gasteiger partial charge in [0.05, 0.1) is 15.5 Å². The Hall–Kier alpha value is -2.97. The molecule has 0 bridgehead atoms. The van der Waals surface area contributed by atoms with Crippen molar-refractivity contribution in [2.45, 2.75) is 70.2 Å². The Morgan fingerprint density at radius 1 is 0.868 bits per heavy atom. The van der Waals surface area contributed by atoms with Crippen LogP contribution in [0.2, 0.25) is 0 Å². The maximum Gasteiger partial charge on any atom is 0.274 e. The number of halogens is 1. The molecule has 0 unspecified atom stereocenters. The molecule has 0 spiro atoms. The quantitative estimate of drug-likeness (QED) is 0.202. The SMILES string of the molecule is CC(C)c1cc(C(C)C)c(S(=O)(=O)N2c3ccccc3C=C([N+](=O)[O-])[C@@H]2c2cccc(Br)c2)c(C(C)C)c1. The van der Waals surface area contributed by atoms with Crippen molar-refractivity contribution in [2.75, 3.05) is 4.31 Å². The molecule has 6 nitrogen and oxygen atoms in total. The summed E-state index contributed by atoms with van der Waals surface area (Å²) in [5, 5.41) is 12.4. The number of rotatable bonds is 7. The van der Waals surface area contributed by atoms with Crippen molar-refractivity contribution < 1.29 is 13.3 Å². The van der Waals surface area contributed by atoms with Crippen molar-refractivity contribution in [3.8, 4) is 0 Å².